The molecule has 0 bridgehead atoms. The molecule has 1 saturated heterocycles. The van der Waals surface area contributed by atoms with Crippen molar-refractivity contribution < 1.29 is 4.74 Å². The summed E-state index contributed by atoms with van der Waals surface area (Å²) in [5.41, 5.74) is 0.396. The molecule has 1 spiro atoms. The highest BCUT2D eigenvalue weighted by Crippen LogP contribution is 2.54. The van der Waals surface area contributed by atoms with Crippen LogP contribution in [0.1, 0.15) is 51.9 Å². The van der Waals surface area contributed by atoms with Crippen molar-refractivity contribution >= 4 is 0 Å². The van der Waals surface area contributed by atoms with Crippen LogP contribution in [0.25, 0.3) is 0 Å². The molecule has 2 atom stereocenters. The molecule has 12 heavy (non-hydrogen) atoms. The average molecular weight is 168 g/mol. The standard InChI is InChI=1S/C11H20O/c1-2-3-6-10-9-11(10)7-4-5-8-12-11/h10H,2-9H2,1H3. The predicted octanol–water partition coefficient (Wildman–Crippen LogP) is 3.14. The Labute approximate surface area is 75.5 Å². The fourth-order valence-corrected chi connectivity index (χ4v) is 2.53. The normalized spacial score (nSPS) is 40.2. The summed E-state index contributed by atoms with van der Waals surface area (Å²) < 4.78 is 5.89. The third-order valence-corrected chi connectivity index (χ3v) is 3.47. The molecular weight excluding hydrogens is 148 g/mol. The molecule has 0 aromatic carbocycles. The highest BCUT2D eigenvalue weighted by Gasteiger charge is 2.54. The fraction of sp³-hybridized carbons (Fsp3) is 1.00. The van der Waals surface area contributed by atoms with E-state index in [4.69, 9.17) is 4.74 Å². The summed E-state index contributed by atoms with van der Waals surface area (Å²) in [5.74, 6) is 0.928. The van der Waals surface area contributed by atoms with Gasteiger partial charge in [-0.3, -0.25) is 0 Å². The van der Waals surface area contributed by atoms with Gasteiger partial charge in [-0.1, -0.05) is 19.8 Å². The van der Waals surface area contributed by atoms with Crippen LogP contribution in [0.2, 0.25) is 0 Å². The van der Waals surface area contributed by atoms with Gasteiger partial charge in [0.05, 0.1) is 5.60 Å². The van der Waals surface area contributed by atoms with Crippen molar-refractivity contribution in [2.24, 2.45) is 5.92 Å². The Balaban J connectivity index is 1.75. The highest BCUT2D eigenvalue weighted by molar-refractivity contribution is 5.05. The van der Waals surface area contributed by atoms with E-state index in [1.54, 1.807) is 0 Å². The Hall–Kier alpha value is -0.0400. The molecule has 2 fully saturated rings. The molecule has 0 amide bonds. The first-order chi connectivity index (χ1) is 5.87. The minimum Gasteiger partial charge on any atom is -0.375 e. The van der Waals surface area contributed by atoms with Crippen LogP contribution in [0, 0.1) is 5.92 Å². The molecule has 1 aliphatic heterocycles. The van der Waals surface area contributed by atoms with Crippen LogP contribution in [-0.4, -0.2) is 12.2 Å². The van der Waals surface area contributed by atoms with Gasteiger partial charge in [-0.25, -0.2) is 0 Å². The summed E-state index contributed by atoms with van der Waals surface area (Å²) in [4.78, 5) is 0. The molecule has 1 heteroatoms. The third-order valence-electron chi connectivity index (χ3n) is 3.47. The van der Waals surface area contributed by atoms with Gasteiger partial charge in [-0.15, -0.1) is 0 Å². The van der Waals surface area contributed by atoms with Crippen LogP contribution in [0.4, 0.5) is 0 Å². The van der Waals surface area contributed by atoms with Crippen molar-refractivity contribution in [1.29, 1.82) is 0 Å². The summed E-state index contributed by atoms with van der Waals surface area (Å²) in [6.07, 6.45) is 9.57. The molecule has 2 aliphatic rings. The smallest absolute Gasteiger partial charge is 0.0715 e. The Morgan fingerprint density at radius 1 is 1.42 bits per heavy atom. The Morgan fingerprint density at radius 3 is 3.00 bits per heavy atom. The zero-order valence-electron chi connectivity index (χ0n) is 8.14. The monoisotopic (exact) mass is 168 g/mol. The van der Waals surface area contributed by atoms with Gasteiger partial charge in [-0.05, 0) is 38.0 Å². The predicted molar refractivity (Wildman–Crippen MR) is 50.2 cm³/mol. The number of hydrogen-bond donors (Lipinski definition) is 0. The minimum atomic E-state index is 0.396. The molecule has 2 unspecified atom stereocenters. The van der Waals surface area contributed by atoms with Gasteiger partial charge in [0.2, 0.25) is 0 Å². The van der Waals surface area contributed by atoms with Crippen molar-refractivity contribution in [2.75, 3.05) is 6.61 Å². The van der Waals surface area contributed by atoms with E-state index in [0.29, 0.717) is 5.60 Å². The second-order valence-corrected chi connectivity index (χ2v) is 4.41. The first kappa shape index (κ1) is 8.55. The zero-order valence-corrected chi connectivity index (χ0v) is 8.14. The van der Waals surface area contributed by atoms with Crippen LogP contribution in [-0.2, 0) is 4.74 Å². The molecule has 0 aromatic heterocycles. The van der Waals surface area contributed by atoms with E-state index in [1.165, 1.54) is 44.9 Å². The van der Waals surface area contributed by atoms with E-state index in [9.17, 15) is 0 Å². The number of ether oxygens (including phenoxy) is 1. The maximum Gasteiger partial charge on any atom is 0.0715 e. The van der Waals surface area contributed by atoms with E-state index in [1.807, 2.05) is 0 Å². The van der Waals surface area contributed by atoms with Gasteiger partial charge in [0.15, 0.2) is 0 Å². The maximum absolute atomic E-state index is 5.89. The summed E-state index contributed by atoms with van der Waals surface area (Å²) in [5, 5.41) is 0. The van der Waals surface area contributed by atoms with Crippen LogP contribution in [0.3, 0.4) is 0 Å². The average Bonchev–Trinajstić information content (AvgIpc) is 2.77. The zero-order chi connectivity index (χ0) is 8.44. The lowest BCUT2D eigenvalue weighted by atomic mass is 10.0. The van der Waals surface area contributed by atoms with E-state index < -0.39 is 0 Å². The molecule has 1 aliphatic carbocycles. The van der Waals surface area contributed by atoms with Gasteiger partial charge < -0.3 is 4.74 Å². The van der Waals surface area contributed by atoms with E-state index in [2.05, 4.69) is 6.92 Å². The SMILES string of the molecule is CCCCC1CC12CCCCO2. The van der Waals surface area contributed by atoms with Crippen LogP contribution < -0.4 is 0 Å². The van der Waals surface area contributed by atoms with Crippen molar-refractivity contribution in [3.05, 3.63) is 0 Å². The lowest BCUT2D eigenvalue weighted by Gasteiger charge is -2.23. The van der Waals surface area contributed by atoms with Crippen LogP contribution in [0.15, 0.2) is 0 Å². The highest BCUT2D eigenvalue weighted by atomic mass is 16.5. The minimum absolute atomic E-state index is 0.396. The molecule has 0 N–H and O–H groups in total. The Bertz CT molecular complexity index is 145. The lowest BCUT2D eigenvalue weighted by molar-refractivity contribution is -0.0165. The molecule has 1 heterocycles. The molecule has 1 saturated carbocycles. The largest absolute Gasteiger partial charge is 0.375 e. The molecule has 0 radical (unpaired) electrons. The van der Waals surface area contributed by atoms with Crippen molar-refractivity contribution in [3.63, 3.8) is 0 Å². The number of rotatable bonds is 3. The van der Waals surface area contributed by atoms with Crippen LogP contribution >= 0.6 is 0 Å². The molecular formula is C11H20O. The second kappa shape index (κ2) is 3.37. The summed E-state index contributed by atoms with van der Waals surface area (Å²) in [6.45, 7) is 3.30. The van der Waals surface area contributed by atoms with Gasteiger partial charge >= 0.3 is 0 Å². The molecule has 0 aromatic rings. The third kappa shape index (κ3) is 1.52. The summed E-state index contributed by atoms with van der Waals surface area (Å²) in [7, 11) is 0. The van der Waals surface area contributed by atoms with Crippen LogP contribution in [0.5, 0.6) is 0 Å². The maximum atomic E-state index is 5.89. The van der Waals surface area contributed by atoms with E-state index in [0.717, 1.165) is 12.5 Å². The summed E-state index contributed by atoms with van der Waals surface area (Å²) in [6, 6.07) is 0. The van der Waals surface area contributed by atoms with E-state index >= 15 is 0 Å². The first-order valence-electron chi connectivity index (χ1n) is 5.51. The molecule has 70 valence electrons. The molecule has 1 nitrogen and oxygen atoms in total. The Morgan fingerprint density at radius 2 is 2.33 bits per heavy atom. The second-order valence-electron chi connectivity index (χ2n) is 4.41. The van der Waals surface area contributed by atoms with E-state index in [-0.39, 0.29) is 0 Å². The van der Waals surface area contributed by atoms with Gasteiger partial charge in [0, 0.05) is 6.61 Å². The Kier molecular flexibility index (Phi) is 2.40. The fourth-order valence-electron chi connectivity index (χ4n) is 2.53. The van der Waals surface area contributed by atoms with Gasteiger partial charge in [0.1, 0.15) is 0 Å². The van der Waals surface area contributed by atoms with Crippen molar-refractivity contribution in [2.45, 2.75) is 57.5 Å². The number of unbranched alkanes of at least 4 members (excludes halogenated alkanes) is 1. The molecule has 2 rings (SSSR count). The van der Waals surface area contributed by atoms with Crippen molar-refractivity contribution in [3.8, 4) is 0 Å². The van der Waals surface area contributed by atoms with Gasteiger partial charge in [0.25, 0.3) is 0 Å². The first-order valence-corrected chi connectivity index (χ1v) is 5.51. The van der Waals surface area contributed by atoms with Gasteiger partial charge in [-0.2, -0.15) is 0 Å². The number of hydrogen-bond acceptors (Lipinski definition) is 1. The quantitative estimate of drug-likeness (QED) is 0.629. The summed E-state index contributed by atoms with van der Waals surface area (Å²) >= 11 is 0. The lowest BCUT2D eigenvalue weighted by Crippen LogP contribution is -2.22. The van der Waals surface area contributed by atoms with Crippen molar-refractivity contribution in [1.82, 2.24) is 0 Å². The topological polar surface area (TPSA) is 9.23 Å².